The first-order chi connectivity index (χ1) is 12.0. The molecule has 1 heterocycles. The van der Waals surface area contributed by atoms with Crippen molar-refractivity contribution >= 4 is 11.8 Å². The molecule has 1 aromatic rings. The first kappa shape index (κ1) is 19.4. The highest BCUT2D eigenvalue weighted by Crippen LogP contribution is 2.15. The second-order valence-electron chi connectivity index (χ2n) is 7.17. The van der Waals surface area contributed by atoms with Gasteiger partial charge in [0.1, 0.15) is 0 Å². The van der Waals surface area contributed by atoms with Crippen molar-refractivity contribution in [1.82, 2.24) is 15.5 Å². The molecule has 138 valence electrons. The largest absolute Gasteiger partial charge is 0.356 e. The Hall–Kier alpha value is -1.88. The third kappa shape index (κ3) is 7.26. The zero-order chi connectivity index (χ0) is 18.1. The highest BCUT2D eigenvalue weighted by molar-refractivity contribution is 5.94. The van der Waals surface area contributed by atoms with Crippen molar-refractivity contribution in [2.24, 2.45) is 5.92 Å². The van der Waals surface area contributed by atoms with E-state index in [1.807, 2.05) is 25.1 Å². The third-order valence-corrected chi connectivity index (χ3v) is 4.75. The van der Waals surface area contributed by atoms with Crippen LogP contribution in [0.3, 0.4) is 0 Å². The maximum Gasteiger partial charge on any atom is 0.251 e. The maximum atomic E-state index is 12.0. The van der Waals surface area contributed by atoms with E-state index < -0.39 is 0 Å². The Bertz CT molecular complexity index is 539. The number of carbonyl (C=O) groups excluding carboxylic acids is 2. The van der Waals surface area contributed by atoms with Crippen molar-refractivity contribution in [2.75, 3.05) is 26.2 Å². The van der Waals surface area contributed by atoms with Crippen LogP contribution in [0.1, 0.15) is 49.9 Å². The molecule has 2 N–H and O–H groups in total. The van der Waals surface area contributed by atoms with Crippen LogP contribution in [0.5, 0.6) is 0 Å². The molecule has 0 spiro atoms. The van der Waals surface area contributed by atoms with E-state index >= 15 is 0 Å². The SMILES string of the molecule is CC1CCN(CCCNC(=O)CC(C)NC(=O)c2ccccc2)CC1. The van der Waals surface area contributed by atoms with Crippen molar-refractivity contribution in [2.45, 2.75) is 45.6 Å². The van der Waals surface area contributed by atoms with E-state index in [1.54, 1.807) is 12.1 Å². The van der Waals surface area contributed by atoms with Crippen LogP contribution in [0.15, 0.2) is 30.3 Å². The fraction of sp³-hybridized carbons (Fsp3) is 0.600. The van der Waals surface area contributed by atoms with Gasteiger partial charge in [-0.05, 0) is 63.9 Å². The summed E-state index contributed by atoms with van der Waals surface area (Å²) in [6.45, 7) is 8.28. The van der Waals surface area contributed by atoms with Crippen LogP contribution < -0.4 is 10.6 Å². The summed E-state index contributed by atoms with van der Waals surface area (Å²) in [6, 6.07) is 8.88. The minimum Gasteiger partial charge on any atom is -0.356 e. The fourth-order valence-electron chi connectivity index (χ4n) is 3.11. The van der Waals surface area contributed by atoms with Crippen LogP contribution >= 0.6 is 0 Å². The van der Waals surface area contributed by atoms with Gasteiger partial charge in [-0.1, -0.05) is 25.1 Å². The number of carbonyl (C=O) groups is 2. The van der Waals surface area contributed by atoms with Crippen LogP contribution in [-0.2, 0) is 4.79 Å². The number of amides is 2. The molecule has 1 aromatic carbocycles. The number of nitrogens with one attached hydrogen (secondary N) is 2. The Labute approximate surface area is 151 Å². The molecular formula is C20H31N3O2. The zero-order valence-corrected chi connectivity index (χ0v) is 15.5. The van der Waals surface area contributed by atoms with Gasteiger partial charge < -0.3 is 15.5 Å². The van der Waals surface area contributed by atoms with Gasteiger partial charge in [0.25, 0.3) is 5.91 Å². The van der Waals surface area contributed by atoms with E-state index in [0.29, 0.717) is 18.5 Å². The lowest BCUT2D eigenvalue weighted by Crippen LogP contribution is -2.38. The number of piperidine rings is 1. The molecule has 0 aliphatic carbocycles. The van der Waals surface area contributed by atoms with E-state index in [4.69, 9.17) is 0 Å². The van der Waals surface area contributed by atoms with Gasteiger partial charge in [-0.15, -0.1) is 0 Å². The third-order valence-electron chi connectivity index (χ3n) is 4.75. The molecular weight excluding hydrogens is 314 g/mol. The second-order valence-corrected chi connectivity index (χ2v) is 7.17. The molecule has 5 heteroatoms. The smallest absolute Gasteiger partial charge is 0.251 e. The van der Waals surface area contributed by atoms with Gasteiger partial charge in [-0.2, -0.15) is 0 Å². The number of hydrogen-bond acceptors (Lipinski definition) is 3. The maximum absolute atomic E-state index is 12.0. The van der Waals surface area contributed by atoms with Crippen LogP contribution in [-0.4, -0.2) is 48.9 Å². The minimum absolute atomic E-state index is 0.00636. The fourth-order valence-corrected chi connectivity index (χ4v) is 3.11. The Balaban J connectivity index is 1.57. The molecule has 2 amide bonds. The quantitative estimate of drug-likeness (QED) is 0.712. The molecule has 1 unspecified atom stereocenters. The lowest BCUT2D eigenvalue weighted by Gasteiger charge is -2.30. The molecule has 0 radical (unpaired) electrons. The standard InChI is InChI=1S/C20H31N3O2/c1-16-9-13-23(14-10-16)12-6-11-21-19(24)15-17(2)22-20(25)18-7-4-3-5-8-18/h3-5,7-8,16-17H,6,9-15H2,1-2H3,(H,21,24)(H,22,25). The molecule has 0 saturated carbocycles. The monoisotopic (exact) mass is 345 g/mol. The van der Waals surface area contributed by atoms with E-state index in [9.17, 15) is 9.59 Å². The molecule has 1 saturated heterocycles. The van der Waals surface area contributed by atoms with Crippen LogP contribution in [0.2, 0.25) is 0 Å². The van der Waals surface area contributed by atoms with Crippen molar-refractivity contribution in [3.8, 4) is 0 Å². The first-order valence-corrected chi connectivity index (χ1v) is 9.39. The number of rotatable bonds is 8. The predicted octanol–water partition coefficient (Wildman–Crippen LogP) is 2.43. The van der Waals surface area contributed by atoms with Crippen LogP contribution in [0, 0.1) is 5.92 Å². The summed E-state index contributed by atoms with van der Waals surface area (Å²) < 4.78 is 0. The Kier molecular flexibility index (Phi) is 7.92. The molecule has 5 nitrogen and oxygen atoms in total. The van der Waals surface area contributed by atoms with Gasteiger partial charge >= 0.3 is 0 Å². The average molecular weight is 345 g/mol. The van der Waals surface area contributed by atoms with Crippen molar-refractivity contribution < 1.29 is 9.59 Å². The highest BCUT2D eigenvalue weighted by Gasteiger charge is 2.15. The molecule has 1 aliphatic heterocycles. The van der Waals surface area contributed by atoms with Crippen molar-refractivity contribution in [3.63, 3.8) is 0 Å². The van der Waals surface area contributed by atoms with Crippen LogP contribution in [0.4, 0.5) is 0 Å². The summed E-state index contributed by atoms with van der Waals surface area (Å²) in [4.78, 5) is 26.5. The minimum atomic E-state index is -0.184. The van der Waals surface area contributed by atoms with E-state index in [1.165, 1.54) is 25.9 Å². The summed E-state index contributed by atoms with van der Waals surface area (Å²) >= 11 is 0. The summed E-state index contributed by atoms with van der Waals surface area (Å²) in [5.41, 5.74) is 0.616. The van der Waals surface area contributed by atoms with Crippen molar-refractivity contribution in [1.29, 1.82) is 0 Å². The lowest BCUT2D eigenvalue weighted by atomic mass is 9.99. The van der Waals surface area contributed by atoms with E-state index in [0.717, 1.165) is 18.9 Å². The van der Waals surface area contributed by atoms with Gasteiger partial charge in [0, 0.05) is 24.6 Å². The van der Waals surface area contributed by atoms with Crippen molar-refractivity contribution in [3.05, 3.63) is 35.9 Å². The first-order valence-electron chi connectivity index (χ1n) is 9.39. The predicted molar refractivity (Wildman–Crippen MR) is 100 cm³/mol. The Morgan fingerprint density at radius 1 is 1.20 bits per heavy atom. The average Bonchev–Trinajstić information content (AvgIpc) is 2.61. The van der Waals surface area contributed by atoms with E-state index in [2.05, 4.69) is 22.5 Å². The Morgan fingerprint density at radius 3 is 2.56 bits per heavy atom. The molecule has 1 atom stereocenters. The molecule has 0 bridgehead atoms. The Morgan fingerprint density at radius 2 is 1.88 bits per heavy atom. The number of nitrogens with zero attached hydrogens (tertiary/aromatic N) is 1. The molecule has 0 aromatic heterocycles. The van der Waals surface area contributed by atoms with Crippen LogP contribution in [0.25, 0.3) is 0 Å². The normalized spacial score (nSPS) is 17.0. The number of benzene rings is 1. The lowest BCUT2D eigenvalue weighted by molar-refractivity contribution is -0.121. The van der Waals surface area contributed by atoms with Gasteiger partial charge in [-0.3, -0.25) is 9.59 Å². The number of hydrogen-bond donors (Lipinski definition) is 2. The summed E-state index contributed by atoms with van der Waals surface area (Å²) in [5.74, 6) is 0.705. The van der Waals surface area contributed by atoms with Gasteiger partial charge in [-0.25, -0.2) is 0 Å². The second kappa shape index (κ2) is 10.2. The molecule has 1 fully saturated rings. The zero-order valence-electron chi connectivity index (χ0n) is 15.5. The van der Waals surface area contributed by atoms with Gasteiger partial charge in [0.2, 0.25) is 5.91 Å². The summed E-state index contributed by atoms with van der Waals surface area (Å²) in [7, 11) is 0. The molecule has 2 rings (SSSR count). The topological polar surface area (TPSA) is 61.4 Å². The number of likely N-dealkylation sites (tertiary alicyclic amines) is 1. The molecule has 25 heavy (non-hydrogen) atoms. The summed E-state index contributed by atoms with van der Waals surface area (Å²) in [5, 5.41) is 5.82. The van der Waals surface area contributed by atoms with Gasteiger partial charge in [0.15, 0.2) is 0 Å². The summed E-state index contributed by atoms with van der Waals surface area (Å²) in [6.07, 6.45) is 3.85. The van der Waals surface area contributed by atoms with Gasteiger partial charge in [0.05, 0.1) is 0 Å². The van der Waals surface area contributed by atoms with E-state index in [-0.39, 0.29) is 17.9 Å². The molecule has 1 aliphatic rings. The highest BCUT2D eigenvalue weighted by atomic mass is 16.2.